The summed E-state index contributed by atoms with van der Waals surface area (Å²) in [4.78, 5) is 3.21. The van der Waals surface area contributed by atoms with Gasteiger partial charge in [0.05, 0.1) is 4.99 Å². The van der Waals surface area contributed by atoms with E-state index in [2.05, 4.69) is 18.7 Å². The maximum atomic E-state index is 5.59. The summed E-state index contributed by atoms with van der Waals surface area (Å²) in [6.07, 6.45) is 6.35. The quantitative estimate of drug-likeness (QED) is 0.712. The van der Waals surface area contributed by atoms with Crippen LogP contribution in [-0.4, -0.2) is 28.5 Å². The molecule has 1 atom stereocenters. The Balaban J connectivity index is 2.46. The number of thiocarbonyl (C=S) groups is 1. The van der Waals surface area contributed by atoms with Gasteiger partial charge in [0.1, 0.15) is 0 Å². The molecule has 0 heterocycles. The van der Waals surface area contributed by atoms with Crippen LogP contribution in [0.1, 0.15) is 46.0 Å². The predicted octanol–water partition coefficient (Wildman–Crippen LogP) is 2.32. The van der Waals surface area contributed by atoms with Gasteiger partial charge in [-0.2, -0.15) is 0 Å². The summed E-state index contributed by atoms with van der Waals surface area (Å²) in [5.74, 6) is 0. The standard InChI is InChI=1S/C11H22N2S/c1-3-13(9(2)8-11(12)14)10-6-4-5-7-10/h9-10H,3-8H2,1-2H3,(H2,12,14). The van der Waals surface area contributed by atoms with Gasteiger partial charge in [-0.3, -0.25) is 4.90 Å². The lowest BCUT2D eigenvalue weighted by Gasteiger charge is -2.33. The van der Waals surface area contributed by atoms with Gasteiger partial charge in [-0.05, 0) is 26.3 Å². The molecule has 1 aliphatic rings. The molecule has 1 unspecified atom stereocenters. The summed E-state index contributed by atoms with van der Waals surface area (Å²) in [7, 11) is 0. The summed E-state index contributed by atoms with van der Waals surface area (Å²) in [6, 6.07) is 1.30. The second kappa shape index (κ2) is 5.66. The fraction of sp³-hybridized carbons (Fsp3) is 0.909. The van der Waals surface area contributed by atoms with Crippen LogP contribution in [0.3, 0.4) is 0 Å². The average Bonchev–Trinajstić information content (AvgIpc) is 2.57. The third-order valence-electron chi connectivity index (χ3n) is 3.22. The third-order valence-corrected chi connectivity index (χ3v) is 3.39. The van der Waals surface area contributed by atoms with Crippen molar-refractivity contribution in [1.29, 1.82) is 0 Å². The zero-order valence-electron chi connectivity index (χ0n) is 9.33. The normalized spacial score (nSPS) is 20.2. The van der Waals surface area contributed by atoms with Crippen LogP contribution < -0.4 is 5.73 Å². The highest BCUT2D eigenvalue weighted by molar-refractivity contribution is 7.80. The van der Waals surface area contributed by atoms with E-state index in [1.54, 1.807) is 0 Å². The molecule has 0 aromatic heterocycles. The van der Waals surface area contributed by atoms with Crippen molar-refractivity contribution >= 4 is 17.2 Å². The van der Waals surface area contributed by atoms with Crippen LogP contribution in [0, 0.1) is 0 Å². The van der Waals surface area contributed by atoms with E-state index in [0.29, 0.717) is 11.0 Å². The van der Waals surface area contributed by atoms with Crippen LogP contribution in [0.15, 0.2) is 0 Å². The molecule has 0 spiro atoms. The van der Waals surface area contributed by atoms with Crippen LogP contribution in [-0.2, 0) is 0 Å². The minimum atomic E-state index is 0.514. The Morgan fingerprint density at radius 2 is 2.07 bits per heavy atom. The van der Waals surface area contributed by atoms with E-state index in [1.807, 2.05) is 0 Å². The number of nitrogens with zero attached hydrogens (tertiary/aromatic N) is 1. The number of nitrogens with two attached hydrogens (primary N) is 1. The van der Waals surface area contributed by atoms with E-state index in [-0.39, 0.29) is 0 Å². The maximum Gasteiger partial charge on any atom is 0.0742 e. The van der Waals surface area contributed by atoms with Crippen LogP contribution in [0.5, 0.6) is 0 Å². The van der Waals surface area contributed by atoms with Gasteiger partial charge in [-0.15, -0.1) is 0 Å². The third kappa shape index (κ3) is 3.21. The first-order valence-electron chi connectivity index (χ1n) is 5.69. The summed E-state index contributed by atoms with van der Waals surface area (Å²) in [6.45, 7) is 5.59. The zero-order chi connectivity index (χ0) is 10.6. The van der Waals surface area contributed by atoms with Gasteiger partial charge >= 0.3 is 0 Å². The molecule has 0 aromatic carbocycles. The van der Waals surface area contributed by atoms with Crippen LogP contribution in [0.4, 0.5) is 0 Å². The van der Waals surface area contributed by atoms with Crippen LogP contribution in [0.25, 0.3) is 0 Å². The molecular weight excluding hydrogens is 192 g/mol. The fourth-order valence-corrected chi connectivity index (χ4v) is 2.82. The first-order chi connectivity index (χ1) is 6.65. The Labute approximate surface area is 92.8 Å². The summed E-state index contributed by atoms with van der Waals surface area (Å²) >= 11 is 4.96. The maximum absolute atomic E-state index is 5.59. The van der Waals surface area contributed by atoms with Gasteiger partial charge in [0.2, 0.25) is 0 Å². The van der Waals surface area contributed by atoms with Gasteiger partial charge in [0.25, 0.3) is 0 Å². The molecule has 1 fully saturated rings. The van der Waals surface area contributed by atoms with Gasteiger partial charge in [0, 0.05) is 18.5 Å². The molecule has 3 heteroatoms. The van der Waals surface area contributed by atoms with E-state index >= 15 is 0 Å². The van der Waals surface area contributed by atoms with Gasteiger partial charge in [0.15, 0.2) is 0 Å². The Hall–Kier alpha value is -0.150. The number of hydrogen-bond acceptors (Lipinski definition) is 2. The van der Waals surface area contributed by atoms with E-state index in [0.717, 1.165) is 19.0 Å². The fourth-order valence-electron chi connectivity index (χ4n) is 2.57. The molecule has 0 saturated heterocycles. The minimum absolute atomic E-state index is 0.514. The summed E-state index contributed by atoms with van der Waals surface area (Å²) < 4.78 is 0. The molecule has 1 aliphatic carbocycles. The number of rotatable bonds is 5. The lowest BCUT2D eigenvalue weighted by Crippen LogP contribution is -2.41. The number of hydrogen-bond donors (Lipinski definition) is 1. The molecule has 0 aromatic rings. The van der Waals surface area contributed by atoms with Gasteiger partial charge in [-0.1, -0.05) is 32.0 Å². The molecule has 1 rings (SSSR count). The van der Waals surface area contributed by atoms with E-state index in [4.69, 9.17) is 18.0 Å². The molecule has 0 bridgehead atoms. The lowest BCUT2D eigenvalue weighted by atomic mass is 10.1. The monoisotopic (exact) mass is 214 g/mol. The summed E-state index contributed by atoms with van der Waals surface area (Å²) in [5.41, 5.74) is 5.59. The molecule has 14 heavy (non-hydrogen) atoms. The second-order valence-electron chi connectivity index (χ2n) is 4.29. The van der Waals surface area contributed by atoms with Crippen molar-refractivity contribution in [2.75, 3.05) is 6.54 Å². The highest BCUT2D eigenvalue weighted by Crippen LogP contribution is 2.25. The van der Waals surface area contributed by atoms with Crippen molar-refractivity contribution in [2.45, 2.75) is 58.0 Å². The van der Waals surface area contributed by atoms with Crippen molar-refractivity contribution in [1.82, 2.24) is 4.90 Å². The average molecular weight is 214 g/mol. The minimum Gasteiger partial charge on any atom is -0.393 e. The van der Waals surface area contributed by atoms with Crippen molar-refractivity contribution in [3.05, 3.63) is 0 Å². The topological polar surface area (TPSA) is 29.3 Å². The first kappa shape index (κ1) is 11.9. The van der Waals surface area contributed by atoms with Crippen LogP contribution >= 0.6 is 12.2 Å². The highest BCUT2D eigenvalue weighted by atomic mass is 32.1. The Morgan fingerprint density at radius 3 is 2.50 bits per heavy atom. The molecular formula is C11H22N2S. The Bertz CT molecular complexity index is 188. The summed E-state index contributed by atoms with van der Waals surface area (Å²) in [5, 5.41) is 0. The Morgan fingerprint density at radius 1 is 1.50 bits per heavy atom. The smallest absolute Gasteiger partial charge is 0.0742 e. The van der Waals surface area contributed by atoms with E-state index in [9.17, 15) is 0 Å². The molecule has 2 nitrogen and oxygen atoms in total. The Kier molecular flexibility index (Phi) is 4.82. The largest absolute Gasteiger partial charge is 0.393 e. The highest BCUT2D eigenvalue weighted by Gasteiger charge is 2.25. The van der Waals surface area contributed by atoms with Crippen LogP contribution in [0.2, 0.25) is 0 Å². The van der Waals surface area contributed by atoms with E-state index < -0.39 is 0 Å². The van der Waals surface area contributed by atoms with Gasteiger partial charge in [-0.25, -0.2) is 0 Å². The molecule has 0 amide bonds. The predicted molar refractivity (Wildman–Crippen MR) is 65.5 cm³/mol. The van der Waals surface area contributed by atoms with Gasteiger partial charge < -0.3 is 5.73 Å². The molecule has 2 N–H and O–H groups in total. The van der Waals surface area contributed by atoms with Crippen molar-refractivity contribution in [3.8, 4) is 0 Å². The zero-order valence-corrected chi connectivity index (χ0v) is 10.1. The van der Waals surface area contributed by atoms with Crippen molar-refractivity contribution < 1.29 is 0 Å². The SMILES string of the molecule is CCN(C(C)CC(N)=S)C1CCCC1. The van der Waals surface area contributed by atoms with Crippen molar-refractivity contribution in [3.63, 3.8) is 0 Å². The first-order valence-corrected chi connectivity index (χ1v) is 6.10. The molecule has 0 aliphatic heterocycles. The lowest BCUT2D eigenvalue weighted by molar-refractivity contribution is 0.157. The van der Waals surface area contributed by atoms with E-state index in [1.165, 1.54) is 25.7 Å². The second-order valence-corrected chi connectivity index (χ2v) is 4.81. The molecule has 0 radical (unpaired) electrons. The molecule has 82 valence electrons. The molecule has 1 saturated carbocycles. The van der Waals surface area contributed by atoms with Crippen molar-refractivity contribution in [2.24, 2.45) is 5.73 Å².